The number of piperidine rings is 1. The van der Waals surface area contributed by atoms with Gasteiger partial charge >= 0.3 is 0 Å². The van der Waals surface area contributed by atoms with E-state index in [1.54, 1.807) is 19.4 Å². The zero-order chi connectivity index (χ0) is 25.1. The lowest BCUT2D eigenvalue weighted by Gasteiger charge is -2.35. The summed E-state index contributed by atoms with van der Waals surface area (Å²) in [4.78, 5) is 40.3. The molecule has 1 aliphatic heterocycles. The first-order chi connectivity index (χ1) is 16.8. The zero-order valence-corrected chi connectivity index (χ0v) is 21.1. The van der Waals surface area contributed by atoms with E-state index in [4.69, 9.17) is 9.72 Å². The molecule has 1 aliphatic rings. The molecule has 1 amide bonds. The largest absolute Gasteiger partial charge is 0.497 e. The second kappa shape index (κ2) is 10.4. The smallest absolute Gasteiger partial charge is 0.262 e. The Bertz CT molecular complexity index is 1260. The summed E-state index contributed by atoms with van der Waals surface area (Å²) in [7, 11) is 5.80. The second-order valence-corrected chi connectivity index (χ2v) is 9.52. The first kappa shape index (κ1) is 24.7. The van der Waals surface area contributed by atoms with Crippen molar-refractivity contribution in [2.45, 2.75) is 45.3 Å². The number of anilines is 1. The third kappa shape index (κ3) is 5.45. The lowest BCUT2D eigenvalue weighted by Crippen LogP contribution is -2.42. The van der Waals surface area contributed by atoms with Crippen LogP contribution in [0.25, 0.3) is 22.3 Å². The van der Waals surface area contributed by atoms with E-state index in [2.05, 4.69) is 34.2 Å². The molecule has 186 valence electrons. The van der Waals surface area contributed by atoms with Crippen molar-refractivity contribution in [3.05, 3.63) is 46.9 Å². The summed E-state index contributed by atoms with van der Waals surface area (Å²) in [6.07, 6.45) is 3.74. The van der Waals surface area contributed by atoms with Gasteiger partial charge in [-0.3, -0.25) is 14.2 Å². The molecule has 0 bridgehead atoms. The van der Waals surface area contributed by atoms with E-state index in [-0.39, 0.29) is 24.1 Å². The highest BCUT2D eigenvalue weighted by atomic mass is 16.5. The zero-order valence-electron chi connectivity index (χ0n) is 21.1. The second-order valence-electron chi connectivity index (χ2n) is 9.52. The third-order valence-corrected chi connectivity index (χ3v) is 6.42. The quantitative estimate of drug-likeness (QED) is 0.558. The molecule has 0 spiro atoms. The Morgan fingerprint density at radius 3 is 2.63 bits per heavy atom. The fraction of sp³-hybridized carbons (Fsp3) is 0.462. The minimum Gasteiger partial charge on any atom is -0.497 e. The molecule has 1 fully saturated rings. The predicted molar refractivity (Wildman–Crippen MR) is 138 cm³/mol. The Kier molecular flexibility index (Phi) is 7.35. The van der Waals surface area contributed by atoms with Gasteiger partial charge in [0.25, 0.3) is 5.56 Å². The summed E-state index contributed by atoms with van der Waals surface area (Å²) < 4.78 is 6.80. The van der Waals surface area contributed by atoms with Crippen molar-refractivity contribution in [2.75, 3.05) is 39.2 Å². The highest BCUT2D eigenvalue weighted by Gasteiger charge is 2.23. The number of carbonyl (C=O) groups excluding carboxylic acids is 1. The Hall–Kier alpha value is -3.46. The van der Waals surface area contributed by atoms with Gasteiger partial charge in [0, 0.05) is 30.7 Å². The molecule has 0 saturated carbocycles. The van der Waals surface area contributed by atoms with Gasteiger partial charge in [0.2, 0.25) is 5.91 Å². The van der Waals surface area contributed by atoms with E-state index in [0.29, 0.717) is 34.1 Å². The highest BCUT2D eigenvalue weighted by molar-refractivity contribution is 5.83. The van der Waals surface area contributed by atoms with Crippen LogP contribution in [0.2, 0.25) is 0 Å². The summed E-state index contributed by atoms with van der Waals surface area (Å²) in [6.45, 7) is 5.40. The number of fused-ring (bicyclic) bond motifs is 1. The van der Waals surface area contributed by atoms with E-state index < -0.39 is 0 Å². The molecule has 3 heterocycles. The fourth-order valence-corrected chi connectivity index (χ4v) is 4.54. The number of carbonyl (C=O) groups is 1. The lowest BCUT2D eigenvalue weighted by molar-refractivity contribution is -0.122. The molecule has 35 heavy (non-hydrogen) atoms. The maximum atomic E-state index is 13.7. The van der Waals surface area contributed by atoms with Crippen LogP contribution in [0.4, 0.5) is 5.82 Å². The van der Waals surface area contributed by atoms with E-state index >= 15 is 0 Å². The number of amides is 1. The third-order valence-electron chi connectivity index (χ3n) is 6.42. The molecule has 9 heteroatoms. The van der Waals surface area contributed by atoms with Gasteiger partial charge in [0.1, 0.15) is 23.9 Å². The van der Waals surface area contributed by atoms with Gasteiger partial charge in [-0.25, -0.2) is 9.97 Å². The summed E-state index contributed by atoms with van der Waals surface area (Å²) in [5.74, 6) is 1.57. The minimum atomic E-state index is -0.265. The van der Waals surface area contributed by atoms with Crippen LogP contribution >= 0.6 is 0 Å². The number of benzene rings is 1. The fourth-order valence-electron chi connectivity index (χ4n) is 4.54. The average Bonchev–Trinajstić information content (AvgIpc) is 2.85. The molecule has 0 radical (unpaired) electrons. The monoisotopic (exact) mass is 478 g/mol. The molecule has 1 aromatic carbocycles. The van der Waals surface area contributed by atoms with Gasteiger partial charge in [-0.2, -0.15) is 0 Å². The number of ether oxygens (including phenoxy) is 1. The van der Waals surface area contributed by atoms with E-state index in [0.717, 1.165) is 31.7 Å². The van der Waals surface area contributed by atoms with Gasteiger partial charge in [0.05, 0.1) is 24.2 Å². The molecular formula is C26H34N6O3. The Morgan fingerprint density at radius 1 is 1.23 bits per heavy atom. The molecule has 2 aromatic heterocycles. The van der Waals surface area contributed by atoms with Crippen molar-refractivity contribution in [1.82, 2.24) is 24.8 Å². The molecule has 3 aromatic rings. The topological polar surface area (TPSA) is 92.6 Å². The number of nitrogens with one attached hydrogen (secondary N) is 1. The molecule has 0 unspecified atom stereocenters. The molecule has 4 rings (SSSR count). The van der Waals surface area contributed by atoms with Gasteiger partial charge in [-0.1, -0.05) is 12.1 Å². The number of rotatable bonds is 7. The van der Waals surface area contributed by atoms with Crippen LogP contribution in [0, 0.1) is 0 Å². The summed E-state index contributed by atoms with van der Waals surface area (Å²) in [5.41, 5.74) is 0.925. The Labute approximate surface area is 205 Å². The van der Waals surface area contributed by atoms with Crippen LogP contribution in [0.1, 0.15) is 26.7 Å². The van der Waals surface area contributed by atoms with Gasteiger partial charge in [0.15, 0.2) is 0 Å². The van der Waals surface area contributed by atoms with Crippen molar-refractivity contribution >= 4 is 22.6 Å². The van der Waals surface area contributed by atoms with E-state index in [1.807, 2.05) is 38.1 Å². The van der Waals surface area contributed by atoms with Crippen LogP contribution in [0.5, 0.6) is 5.75 Å². The number of aromatic nitrogens is 3. The van der Waals surface area contributed by atoms with Crippen molar-refractivity contribution in [1.29, 1.82) is 0 Å². The molecule has 9 nitrogen and oxygen atoms in total. The number of hydrogen-bond donors (Lipinski definition) is 1. The van der Waals surface area contributed by atoms with Gasteiger partial charge < -0.3 is 19.9 Å². The van der Waals surface area contributed by atoms with Crippen LogP contribution in [-0.4, -0.2) is 71.7 Å². The number of pyridine rings is 1. The van der Waals surface area contributed by atoms with E-state index in [9.17, 15) is 9.59 Å². The highest BCUT2D eigenvalue weighted by Crippen LogP contribution is 2.25. The van der Waals surface area contributed by atoms with Crippen molar-refractivity contribution < 1.29 is 9.53 Å². The molecule has 1 saturated heterocycles. The van der Waals surface area contributed by atoms with Crippen molar-refractivity contribution in [2.24, 2.45) is 0 Å². The van der Waals surface area contributed by atoms with Gasteiger partial charge in [-0.05, 0) is 59.0 Å². The lowest BCUT2D eigenvalue weighted by atomic mass is 10.0. The maximum absolute atomic E-state index is 13.7. The van der Waals surface area contributed by atoms with Crippen molar-refractivity contribution in [3.63, 3.8) is 0 Å². The Balaban J connectivity index is 1.77. The Morgan fingerprint density at radius 2 is 1.97 bits per heavy atom. The SMILES string of the molecule is COc1cccc(-c2nc3cnc(N4CCC(N(C)C)CC4)cc3c(=O)n2CC(=O)NC(C)C)c1. The number of methoxy groups -OCH3 is 1. The van der Waals surface area contributed by atoms with Crippen molar-refractivity contribution in [3.8, 4) is 17.1 Å². The first-order valence-electron chi connectivity index (χ1n) is 12.0. The number of hydrogen-bond acceptors (Lipinski definition) is 7. The summed E-state index contributed by atoms with van der Waals surface area (Å²) >= 11 is 0. The number of nitrogens with zero attached hydrogens (tertiary/aromatic N) is 5. The van der Waals surface area contributed by atoms with Crippen LogP contribution in [-0.2, 0) is 11.3 Å². The maximum Gasteiger partial charge on any atom is 0.262 e. The average molecular weight is 479 g/mol. The van der Waals surface area contributed by atoms with E-state index in [1.165, 1.54) is 4.57 Å². The van der Waals surface area contributed by atoms with Crippen LogP contribution in [0.15, 0.2) is 41.3 Å². The molecular weight excluding hydrogens is 444 g/mol. The first-order valence-corrected chi connectivity index (χ1v) is 12.0. The molecule has 0 aliphatic carbocycles. The minimum absolute atomic E-state index is 0.0345. The predicted octanol–water partition coefficient (Wildman–Crippen LogP) is 2.52. The van der Waals surface area contributed by atoms with Crippen LogP contribution < -0.4 is 20.5 Å². The molecule has 1 N–H and O–H groups in total. The standard InChI is InChI=1S/C26H34N6O3/c1-17(2)28-24(33)16-32-25(18-7-6-8-20(13-18)35-5)29-22-15-27-23(14-21(22)26(32)34)31-11-9-19(10-12-31)30(3)4/h6-8,13-15,17,19H,9-12,16H2,1-5H3,(H,28,33). The van der Waals surface area contributed by atoms with Crippen LogP contribution in [0.3, 0.4) is 0 Å². The molecule has 0 atom stereocenters. The van der Waals surface area contributed by atoms with Gasteiger partial charge in [-0.15, -0.1) is 0 Å². The summed E-state index contributed by atoms with van der Waals surface area (Å²) in [5, 5.41) is 3.32. The normalized spacial score (nSPS) is 14.7. The summed E-state index contributed by atoms with van der Waals surface area (Å²) in [6, 6.07) is 9.65.